The first-order valence-corrected chi connectivity index (χ1v) is 7.94. The Labute approximate surface area is 136 Å². The van der Waals surface area contributed by atoms with Gasteiger partial charge in [-0.15, -0.1) is 0 Å². The van der Waals surface area contributed by atoms with E-state index in [1.54, 1.807) is 20.0 Å². The fourth-order valence-electron chi connectivity index (χ4n) is 2.80. The van der Waals surface area contributed by atoms with Gasteiger partial charge in [0.05, 0.1) is 0 Å². The zero-order chi connectivity index (χ0) is 16.2. The molecule has 4 heteroatoms. The first-order valence-electron chi connectivity index (χ1n) is 7.94. The summed E-state index contributed by atoms with van der Waals surface area (Å²) in [4.78, 5) is 4.27. The zero-order valence-corrected chi connectivity index (χ0v) is 13.5. The number of halogens is 1. The number of hydrogen-bond donors (Lipinski definition) is 2. The summed E-state index contributed by atoms with van der Waals surface area (Å²) in [5.41, 5.74) is 3.08. The van der Waals surface area contributed by atoms with Crippen molar-refractivity contribution in [2.75, 3.05) is 7.05 Å². The third-order valence-corrected chi connectivity index (χ3v) is 4.25. The van der Waals surface area contributed by atoms with Crippen molar-refractivity contribution in [1.82, 2.24) is 10.6 Å². The molecule has 2 aromatic rings. The SMILES string of the molecule is CN=C(NCc1ccc(F)c(C)c1)NC1CC1c1ccccc1. The first-order chi connectivity index (χ1) is 11.2. The molecule has 0 bridgehead atoms. The molecule has 0 saturated heterocycles. The third-order valence-electron chi connectivity index (χ3n) is 4.25. The number of aryl methyl sites for hydroxylation is 1. The number of nitrogens with zero attached hydrogens (tertiary/aromatic N) is 1. The van der Waals surface area contributed by atoms with Gasteiger partial charge in [-0.1, -0.05) is 42.5 Å². The van der Waals surface area contributed by atoms with Gasteiger partial charge in [0, 0.05) is 25.6 Å². The summed E-state index contributed by atoms with van der Waals surface area (Å²) in [5, 5.41) is 6.74. The third kappa shape index (κ3) is 3.89. The van der Waals surface area contributed by atoms with E-state index in [0.29, 0.717) is 24.1 Å². The van der Waals surface area contributed by atoms with Crippen molar-refractivity contribution in [3.05, 3.63) is 71.0 Å². The molecule has 2 aromatic carbocycles. The lowest BCUT2D eigenvalue weighted by molar-refractivity contribution is 0.617. The fourth-order valence-corrected chi connectivity index (χ4v) is 2.80. The molecule has 2 atom stereocenters. The molecular weight excluding hydrogens is 289 g/mol. The minimum absolute atomic E-state index is 0.167. The van der Waals surface area contributed by atoms with Gasteiger partial charge < -0.3 is 10.6 Å². The smallest absolute Gasteiger partial charge is 0.191 e. The Morgan fingerprint density at radius 1 is 1.22 bits per heavy atom. The Hall–Kier alpha value is -2.36. The van der Waals surface area contributed by atoms with Crippen molar-refractivity contribution in [2.24, 2.45) is 4.99 Å². The molecule has 3 rings (SSSR count). The molecule has 0 heterocycles. The highest BCUT2D eigenvalue weighted by molar-refractivity contribution is 5.80. The van der Waals surface area contributed by atoms with E-state index in [4.69, 9.17) is 0 Å². The number of rotatable bonds is 4. The van der Waals surface area contributed by atoms with Crippen molar-refractivity contribution in [1.29, 1.82) is 0 Å². The topological polar surface area (TPSA) is 36.4 Å². The highest BCUT2D eigenvalue weighted by Crippen LogP contribution is 2.40. The van der Waals surface area contributed by atoms with Crippen LogP contribution in [0.25, 0.3) is 0 Å². The molecule has 0 aliphatic heterocycles. The van der Waals surface area contributed by atoms with Gasteiger partial charge in [-0.3, -0.25) is 4.99 Å². The normalized spacial score (nSPS) is 20.2. The maximum atomic E-state index is 13.3. The fraction of sp³-hybridized carbons (Fsp3) is 0.316. The van der Waals surface area contributed by atoms with E-state index in [0.717, 1.165) is 17.9 Å². The van der Waals surface area contributed by atoms with Gasteiger partial charge in [0.15, 0.2) is 5.96 Å². The van der Waals surface area contributed by atoms with Gasteiger partial charge in [-0.05, 0) is 36.1 Å². The van der Waals surface area contributed by atoms with E-state index in [9.17, 15) is 4.39 Å². The Morgan fingerprint density at radius 2 is 2.00 bits per heavy atom. The van der Waals surface area contributed by atoms with Crippen molar-refractivity contribution in [3.63, 3.8) is 0 Å². The van der Waals surface area contributed by atoms with Crippen LogP contribution in [0.1, 0.15) is 29.0 Å². The molecule has 0 amide bonds. The van der Waals surface area contributed by atoms with E-state index < -0.39 is 0 Å². The maximum Gasteiger partial charge on any atom is 0.191 e. The van der Waals surface area contributed by atoms with Crippen LogP contribution in [0, 0.1) is 12.7 Å². The second-order valence-electron chi connectivity index (χ2n) is 6.01. The van der Waals surface area contributed by atoms with Crippen molar-refractivity contribution >= 4 is 5.96 Å². The average Bonchev–Trinajstić information content (AvgIpc) is 3.34. The van der Waals surface area contributed by atoms with Crippen molar-refractivity contribution < 1.29 is 4.39 Å². The number of aliphatic imine (C=N–C) groups is 1. The van der Waals surface area contributed by atoms with Crippen LogP contribution in [0.4, 0.5) is 4.39 Å². The molecular formula is C19H22FN3. The molecule has 1 aliphatic carbocycles. The van der Waals surface area contributed by atoms with Crippen molar-refractivity contribution in [3.8, 4) is 0 Å². The van der Waals surface area contributed by atoms with Gasteiger partial charge in [0.25, 0.3) is 0 Å². The lowest BCUT2D eigenvalue weighted by Gasteiger charge is -2.12. The van der Waals surface area contributed by atoms with Crippen LogP contribution in [0.3, 0.4) is 0 Å². The Balaban J connectivity index is 1.52. The quantitative estimate of drug-likeness (QED) is 0.671. The highest BCUT2D eigenvalue weighted by atomic mass is 19.1. The molecule has 0 spiro atoms. The largest absolute Gasteiger partial charge is 0.353 e. The number of guanidine groups is 1. The second kappa shape index (κ2) is 6.82. The van der Waals surface area contributed by atoms with Crippen molar-refractivity contribution in [2.45, 2.75) is 31.8 Å². The number of nitrogens with one attached hydrogen (secondary N) is 2. The van der Waals surface area contributed by atoms with Gasteiger partial charge in [0.1, 0.15) is 5.82 Å². The van der Waals surface area contributed by atoms with Crippen LogP contribution in [-0.4, -0.2) is 19.0 Å². The Kier molecular flexibility index (Phi) is 4.60. The molecule has 1 aliphatic rings. The van der Waals surface area contributed by atoms with Crippen LogP contribution in [0.2, 0.25) is 0 Å². The van der Waals surface area contributed by atoms with Crippen LogP contribution in [0.5, 0.6) is 0 Å². The van der Waals surface area contributed by atoms with Crippen LogP contribution >= 0.6 is 0 Å². The lowest BCUT2D eigenvalue weighted by Crippen LogP contribution is -2.38. The Bertz CT molecular complexity index is 697. The average molecular weight is 311 g/mol. The first kappa shape index (κ1) is 15.5. The highest BCUT2D eigenvalue weighted by Gasteiger charge is 2.38. The molecule has 1 saturated carbocycles. The minimum atomic E-state index is -0.167. The predicted molar refractivity (Wildman–Crippen MR) is 92.1 cm³/mol. The molecule has 2 unspecified atom stereocenters. The monoisotopic (exact) mass is 311 g/mol. The van der Waals surface area contributed by atoms with Gasteiger partial charge >= 0.3 is 0 Å². The zero-order valence-electron chi connectivity index (χ0n) is 13.5. The summed E-state index contributed by atoms with van der Waals surface area (Å²) in [6, 6.07) is 16.1. The summed E-state index contributed by atoms with van der Waals surface area (Å²) in [6.07, 6.45) is 1.13. The minimum Gasteiger partial charge on any atom is -0.353 e. The number of benzene rings is 2. The van der Waals surface area contributed by atoms with E-state index >= 15 is 0 Å². The van der Waals surface area contributed by atoms with Crippen LogP contribution in [0.15, 0.2) is 53.5 Å². The van der Waals surface area contributed by atoms with Gasteiger partial charge in [0.2, 0.25) is 0 Å². The summed E-state index contributed by atoms with van der Waals surface area (Å²) in [6.45, 7) is 2.41. The molecule has 3 nitrogen and oxygen atoms in total. The molecule has 120 valence electrons. The summed E-state index contributed by atoms with van der Waals surface area (Å²) >= 11 is 0. The summed E-state index contributed by atoms with van der Waals surface area (Å²) < 4.78 is 13.3. The lowest BCUT2D eigenvalue weighted by atomic mass is 10.1. The van der Waals surface area contributed by atoms with E-state index in [1.165, 1.54) is 11.6 Å². The van der Waals surface area contributed by atoms with E-state index in [1.807, 2.05) is 12.1 Å². The van der Waals surface area contributed by atoms with Crippen LogP contribution in [-0.2, 0) is 6.54 Å². The van der Waals surface area contributed by atoms with E-state index in [-0.39, 0.29) is 5.82 Å². The van der Waals surface area contributed by atoms with Crippen LogP contribution < -0.4 is 10.6 Å². The molecule has 0 radical (unpaired) electrons. The molecule has 0 aromatic heterocycles. The number of hydrogen-bond acceptors (Lipinski definition) is 1. The summed E-state index contributed by atoms with van der Waals surface area (Å²) in [5.74, 6) is 1.18. The second-order valence-corrected chi connectivity index (χ2v) is 6.01. The Morgan fingerprint density at radius 3 is 2.70 bits per heavy atom. The summed E-state index contributed by atoms with van der Waals surface area (Å²) in [7, 11) is 1.77. The van der Waals surface area contributed by atoms with Gasteiger partial charge in [-0.25, -0.2) is 4.39 Å². The van der Waals surface area contributed by atoms with Gasteiger partial charge in [-0.2, -0.15) is 0 Å². The van der Waals surface area contributed by atoms with E-state index in [2.05, 4.69) is 39.9 Å². The predicted octanol–water partition coefficient (Wildman–Crippen LogP) is 3.36. The standard InChI is InChI=1S/C19H22FN3/c1-13-10-14(8-9-17(13)20)12-22-19(21-2)23-18-11-16(18)15-6-4-3-5-7-15/h3-10,16,18H,11-12H2,1-2H3,(H2,21,22,23). The molecule has 1 fully saturated rings. The maximum absolute atomic E-state index is 13.3. The molecule has 2 N–H and O–H groups in total. The molecule has 23 heavy (non-hydrogen) atoms.